The number of benzene rings is 1. The Morgan fingerprint density at radius 2 is 2.18 bits per heavy atom. The average molecular weight is 226 g/mol. The number of nitrogens with zero attached hydrogens (tertiary/aromatic N) is 2. The van der Waals surface area contributed by atoms with E-state index in [1.165, 1.54) is 6.07 Å². The first-order chi connectivity index (χ1) is 8.20. The van der Waals surface area contributed by atoms with Gasteiger partial charge in [0.05, 0.1) is 0 Å². The highest BCUT2D eigenvalue weighted by molar-refractivity contribution is 5.46. The number of rotatable bonds is 2. The second-order valence-electron chi connectivity index (χ2n) is 3.52. The highest BCUT2D eigenvalue weighted by atomic mass is 16.5. The summed E-state index contributed by atoms with van der Waals surface area (Å²) in [5, 5.41) is 18.3. The fourth-order valence-corrected chi connectivity index (χ4v) is 1.41. The molecule has 0 spiro atoms. The van der Waals surface area contributed by atoms with Crippen molar-refractivity contribution in [3.63, 3.8) is 0 Å². The Morgan fingerprint density at radius 1 is 1.35 bits per heavy atom. The predicted octanol–water partition coefficient (Wildman–Crippen LogP) is 2.76. The first-order valence-corrected chi connectivity index (χ1v) is 5.03. The molecular weight excluding hydrogens is 216 g/mol. The molecule has 1 aromatic heterocycles. The lowest BCUT2D eigenvalue weighted by molar-refractivity contribution is 0.444. The zero-order valence-corrected chi connectivity index (χ0v) is 9.21. The number of aromatic nitrogens is 1. The van der Waals surface area contributed by atoms with Gasteiger partial charge in [0, 0.05) is 12.3 Å². The van der Waals surface area contributed by atoms with E-state index in [0.717, 1.165) is 5.56 Å². The van der Waals surface area contributed by atoms with Crippen LogP contribution in [0.2, 0.25) is 0 Å². The van der Waals surface area contributed by atoms with Gasteiger partial charge >= 0.3 is 0 Å². The molecule has 1 N–H and O–H groups in total. The Morgan fingerprint density at radius 3 is 2.88 bits per heavy atom. The summed E-state index contributed by atoms with van der Waals surface area (Å²) in [7, 11) is 0. The Balaban J connectivity index is 2.37. The van der Waals surface area contributed by atoms with E-state index < -0.39 is 0 Å². The number of phenolic OH excluding ortho intramolecular Hbond substituents is 1. The van der Waals surface area contributed by atoms with Crippen molar-refractivity contribution in [2.24, 2.45) is 0 Å². The lowest BCUT2D eigenvalue weighted by Crippen LogP contribution is -1.93. The molecule has 1 aromatic carbocycles. The Kier molecular flexibility index (Phi) is 2.93. The van der Waals surface area contributed by atoms with Gasteiger partial charge < -0.3 is 9.84 Å². The number of aromatic hydroxyl groups is 1. The van der Waals surface area contributed by atoms with Crippen LogP contribution in [0.5, 0.6) is 17.4 Å². The lowest BCUT2D eigenvalue weighted by Gasteiger charge is -2.07. The van der Waals surface area contributed by atoms with E-state index in [0.29, 0.717) is 11.3 Å². The van der Waals surface area contributed by atoms with Crippen molar-refractivity contribution in [3.05, 3.63) is 47.7 Å². The van der Waals surface area contributed by atoms with E-state index in [1.54, 1.807) is 30.5 Å². The molecule has 0 amide bonds. The van der Waals surface area contributed by atoms with E-state index in [9.17, 15) is 5.11 Å². The van der Waals surface area contributed by atoms with E-state index >= 15 is 0 Å². The predicted molar refractivity (Wildman–Crippen MR) is 61.9 cm³/mol. The van der Waals surface area contributed by atoms with E-state index in [-0.39, 0.29) is 11.6 Å². The topological polar surface area (TPSA) is 66.1 Å². The molecule has 0 radical (unpaired) electrons. The van der Waals surface area contributed by atoms with Gasteiger partial charge in [-0.05, 0) is 30.7 Å². The maximum absolute atomic E-state index is 9.31. The van der Waals surface area contributed by atoms with Crippen molar-refractivity contribution in [3.8, 4) is 23.4 Å². The smallest absolute Gasteiger partial charge is 0.237 e. The molecule has 0 aliphatic carbocycles. The average Bonchev–Trinajstić information content (AvgIpc) is 2.29. The summed E-state index contributed by atoms with van der Waals surface area (Å²) in [6.07, 6.45) is 1.58. The van der Waals surface area contributed by atoms with Crippen LogP contribution in [0, 0.1) is 18.3 Å². The molecule has 0 unspecified atom stereocenters. The molecule has 0 fully saturated rings. The summed E-state index contributed by atoms with van der Waals surface area (Å²) in [4.78, 5) is 4.01. The van der Waals surface area contributed by atoms with Gasteiger partial charge in [0.15, 0.2) is 0 Å². The fraction of sp³-hybridized carbons (Fsp3) is 0.0769. The van der Waals surface area contributed by atoms with Crippen LogP contribution in [0.15, 0.2) is 36.5 Å². The van der Waals surface area contributed by atoms with E-state index in [4.69, 9.17) is 10.00 Å². The van der Waals surface area contributed by atoms with Crippen molar-refractivity contribution < 1.29 is 9.84 Å². The molecule has 4 heteroatoms. The quantitative estimate of drug-likeness (QED) is 0.855. The number of phenols is 1. The van der Waals surface area contributed by atoms with Gasteiger partial charge in [-0.3, -0.25) is 0 Å². The van der Waals surface area contributed by atoms with Crippen molar-refractivity contribution >= 4 is 0 Å². The molecule has 0 aliphatic heterocycles. The van der Waals surface area contributed by atoms with Gasteiger partial charge in [-0.25, -0.2) is 4.98 Å². The summed E-state index contributed by atoms with van der Waals surface area (Å²) in [5.41, 5.74) is 1.20. The van der Waals surface area contributed by atoms with Crippen LogP contribution in [0.4, 0.5) is 0 Å². The van der Waals surface area contributed by atoms with Crippen molar-refractivity contribution in [1.29, 1.82) is 5.26 Å². The molecule has 2 rings (SSSR count). The normalized spacial score (nSPS) is 9.65. The van der Waals surface area contributed by atoms with Gasteiger partial charge in [0.2, 0.25) is 5.88 Å². The largest absolute Gasteiger partial charge is 0.508 e. The third-order valence-corrected chi connectivity index (χ3v) is 2.27. The van der Waals surface area contributed by atoms with Crippen LogP contribution in [-0.2, 0) is 0 Å². The van der Waals surface area contributed by atoms with Gasteiger partial charge in [0.1, 0.15) is 23.1 Å². The Labute approximate surface area is 98.7 Å². The molecule has 0 atom stereocenters. The van der Waals surface area contributed by atoms with Crippen LogP contribution in [0.1, 0.15) is 11.1 Å². The highest BCUT2D eigenvalue weighted by Crippen LogP contribution is 2.26. The molecule has 0 bridgehead atoms. The van der Waals surface area contributed by atoms with Crippen molar-refractivity contribution in [2.75, 3.05) is 0 Å². The number of hydrogen-bond acceptors (Lipinski definition) is 4. The van der Waals surface area contributed by atoms with Crippen LogP contribution >= 0.6 is 0 Å². The highest BCUT2D eigenvalue weighted by Gasteiger charge is 2.08. The third-order valence-electron chi connectivity index (χ3n) is 2.27. The van der Waals surface area contributed by atoms with E-state index in [2.05, 4.69) is 4.98 Å². The first kappa shape index (κ1) is 11.0. The molecule has 0 saturated carbocycles. The Bertz CT molecular complexity index is 588. The standard InChI is InChI=1S/C13H10N2O2/c1-9-5-6-15-13(12(9)8-14)17-11-4-2-3-10(16)7-11/h2-7,16H,1H3. The monoisotopic (exact) mass is 226 g/mol. The fourth-order valence-electron chi connectivity index (χ4n) is 1.41. The summed E-state index contributed by atoms with van der Waals surface area (Å²) < 4.78 is 5.47. The molecule has 0 aliphatic rings. The number of aryl methyl sites for hydroxylation is 1. The van der Waals surface area contributed by atoms with Crippen LogP contribution in [0.3, 0.4) is 0 Å². The summed E-state index contributed by atoms with van der Waals surface area (Å²) >= 11 is 0. The number of nitriles is 1. The molecule has 17 heavy (non-hydrogen) atoms. The molecular formula is C13H10N2O2. The minimum absolute atomic E-state index is 0.105. The van der Waals surface area contributed by atoms with Gasteiger partial charge in [-0.15, -0.1) is 0 Å². The summed E-state index contributed by atoms with van der Waals surface area (Å²) in [6, 6.07) is 10.1. The molecule has 84 valence electrons. The van der Waals surface area contributed by atoms with E-state index in [1.807, 2.05) is 13.0 Å². The zero-order valence-electron chi connectivity index (χ0n) is 9.21. The SMILES string of the molecule is Cc1ccnc(Oc2cccc(O)c2)c1C#N. The maximum atomic E-state index is 9.31. The maximum Gasteiger partial charge on any atom is 0.237 e. The van der Waals surface area contributed by atoms with Crippen LogP contribution in [-0.4, -0.2) is 10.1 Å². The van der Waals surface area contributed by atoms with Crippen molar-refractivity contribution in [2.45, 2.75) is 6.92 Å². The van der Waals surface area contributed by atoms with Gasteiger partial charge in [-0.1, -0.05) is 6.07 Å². The minimum atomic E-state index is 0.105. The van der Waals surface area contributed by atoms with Gasteiger partial charge in [-0.2, -0.15) is 5.26 Å². The third kappa shape index (κ3) is 2.34. The number of pyridine rings is 1. The minimum Gasteiger partial charge on any atom is -0.508 e. The second-order valence-corrected chi connectivity index (χ2v) is 3.52. The number of hydrogen-bond donors (Lipinski definition) is 1. The van der Waals surface area contributed by atoms with Gasteiger partial charge in [0.25, 0.3) is 0 Å². The molecule has 1 heterocycles. The summed E-state index contributed by atoms with van der Waals surface area (Å²) in [6.45, 7) is 1.82. The molecule has 4 nitrogen and oxygen atoms in total. The van der Waals surface area contributed by atoms with Crippen molar-refractivity contribution in [1.82, 2.24) is 4.98 Å². The second kappa shape index (κ2) is 4.54. The van der Waals surface area contributed by atoms with Crippen LogP contribution in [0.25, 0.3) is 0 Å². The zero-order chi connectivity index (χ0) is 12.3. The summed E-state index contributed by atoms with van der Waals surface area (Å²) in [5.74, 6) is 0.798. The van der Waals surface area contributed by atoms with Crippen LogP contribution < -0.4 is 4.74 Å². The Hall–Kier alpha value is -2.54. The first-order valence-electron chi connectivity index (χ1n) is 5.03. The lowest BCUT2D eigenvalue weighted by atomic mass is 10.2. The number of ether oxygens (including phenoxy) is 1. The molecule has 2 aromatic rings. The molecule has 0 saturated heterocycles.